The maximum atomic E-state index is 12.6. The molecule has 4 heteroatoms. The van der Waals surface area contributed by atoms with Crippen molar-refractivity contribution in [3.05, 3.63) is 56.7 Å². The lowest BCUT2D eigenvalue weighted by atomic mass is 10.2. The van der Waals surface area contributed by atoms with E-state index in [-0.39, 0.29) is 5.91 Å². The van der Waals surface area contributed by atoms with Gasteiger partial charge >= 0.3 is 0 Å². The second kappa shape index (κ2) is 5.47. The van der Waals surface area contributed by atoms with Crippen LogP contribution < -0.4 is 0 Å². The monoisotopic (exact) mass is 335 g/mol. The van der Waals surface area contributed by atoms with Crippen molar-refractivity contribution < 1.29 is 4.79 Å². The van der Waals surface area contributed by atoms with Gasteiger partial charge in [0.2, 0.25) is 0 Å². The van der Waals surface area contributed by atoms with E-state index in [2.05, 4.69) is 28.1 Å². The lowest BCUT2D eigenvalue weighted by Gasteiger charge is -2.22. The Morgan fingerprint density at radius 2 is 2.05 bits per heavy atom. The molecule has 1 amide bonds. The number of thiophene rings is 1. The van der Waals surface area contributed by atoms with Gasteiger partial charge in [-0.25, -0.2) is 0 Å². The van der Waals surface area contributed by atoms with Crippen LogP contribution in [0.3, 0.4) is 0 Å². The van der Waals surface area contributed by atoms with Crippen molar-refractivity contribution in [1.29, 1.82) is 0 Å². The van der Waals surface area contributed by atoms with Crippen LogP contribution in [0.2, 0.25) is 0 Å². The molecule has 0 atom stereocenters. The fraction of sp³-hybridized carbons (Fsp3) is 0.267. The predicted molar refractivity (Wildman–Crippen MR) is 81.4 cm³/mol. The Morgan fingerprint density at radius 3 is 2.63 bits per heavy atom. The van der Waals surface area contributed by atoms with E-state index in [1.807, 2.05) is 34.5 Å². The van der Waals surface area contributed by atoms with Crippen LogP contribution in [0, 0.1) is 0 Å². The van der Waals surface area contributed by atoms with Crippen molar-refractivity contribution in [3.63, 3.8) is 0 Å². The van der Waals surface area contributed by atoms with Gasteiger partial charge in [0.25, 0.3) is 5.91 Å². The van der Waals surface area contributed by atoms with Gasteiger partial charge in [0.1, 0.15) is 0 Å². The number of carbonyl (C=O) groups excluding carboxylic acids is 1. The zero-order valence-corrected chi connectivity index (χ0v) is 12.8. The van der Waals surface area contributed by atoms with Crippen molar-refractivity contribution in [2.45, 2.75) is 25.4 Å². The average Bonchev–Trinajstić information content (AvgIpc) is 3.18. The minimum absolute atomic E-state index is 0.147. The first kappa shape index (κ1) is 12.9. The molecule has 0 aliphatic heterocycles. The number of hydrogen-bond donors (Lipinski definition) is 0. The summed E-state index contributed by atoms with van der Waals surface area (Å²) in [4.78, 5) is 14.6. The molecule has 1 aromatic heterocycles. The Labute approximate surface area is 125 Å². The molecule has 0 saturated heterocycles. The van der Waals surface area contributed by atoms with Crippen LogP contribution in [0.15, 0.2) is 45.6 Å². The largest absolute Gasteiger partial charge is 0.331 e. The van der Waals surface area contributed by atoms with Crippen molar-refractivity contribution in [1.82, 2.24) is 4.90 Å². The summed E-state index contributed by atoms with van der Waals surface area (Å²) in [5, 5.41) is 1.92. The molecule has 1 aromatic carbocycles. The van der Waals surface area contributed by atoms with E-state index in [4.69, 9.17) is 0 Å². The quantitative estimate of drug-likeness (QED) is 0.814. The summed E-state index contributed by atoms with van der Waals surface area (Å²) in [5.41, 5.74) is 1.98. The third kappa shape index (κ3) is 3.07. The topological polar surface area (TPSA) is 20.3 Å². The van der Waals surface area contributed by atoms with Gasteiger partial charge < -0.3 is 4.90 Å². The summed E-state index contributed by atoms with van der Waals surface area (Å²) in [6.07, 6.45) is 2.26. The van der Waals surface area contributed by atoms with E-state index in [0.717, 1.165) is 22.2 Å². The Morgan fingerprint density at radius 1 is 1.32 bits per heavy atom. The number of carbonyl (C=O) groups is 1. The lowest BCUT2D eigenvalue weighted by Crippen LogP contribution is -2.32. The smallest absolute Gasteiger partial charge is 0.255 e. The average molecular weight is 336 g/mol. The van der Waals surface area contributed by atoms with Crippen molar-refractivity contribution in [3.8, 4) is 0 Å². The van der Waals surface area contributed by atoms with Gasteiger partial charge in [-0.1, -0.05) is 30.3 Å². The Balaban J connectivity index is 1.79. The standard InChI is InChI=1S/C15H14BrNOS/c16-14-8-12(10-19-14)15(18)17(13-6-7-13)9-11-4-2-1-3-5-11/h1-5,8,10,13H,6-7,9H2. The van der Waals surface area contributed by atoms with Gasteiger partial charge in [-0.05, 0) is 40.4 Å². The highest BCUT2D eigenvalue weighted by atomic mass is 79.9. The van der Waals surface area contributed by atoms with E-state index in [1.165, 1.54) is 5.56 Å². The molecule has 1 saturated carbocycles. The van der Waals surface area contributed by atoms with Gasteiger partial charge in [0, 0.05) is 18.0 Å². The van der Waals surface area contributed by atoms with Crippen LogP contribution in [-0.4, -0.2) is 16.8 Å². The Kier molecular flexibility index (Phi) is 3.71. The van der Waals surface area contributed by atoms with Crippen LogP contribution in [0.25, 0.3) is 0 Å². The molecule has 2 nitrogen and oxygen atoms in total. The predicted octanol–water partition coefficient (Wildman–Crippen LogP) is 4.32. The zero-order valence-electron chi connectivity index (χ0n) is 10.4. The van der Waals surface area contributed by atoms with Gasteiger partial charge in [0.15, 0.2) is 0 Å². The van der Waals surface area contributed by atoms with Crippen LogP contribution in [0.5, 0.6) is 0 Å². The minimum Gasteiger partial charge on any atom is -0.331 e. The van der Waals surface area contributed by atoms with E-state index in [1.54, 1.807) is 11.3 Å². The summed E-state index contributed by atoms with van der Waals surface area (Å²) >= 11 is 4.97. The maximum absolute atomic E-state index is 12.6. The number of rotatable bonds is 4. The van der Waals surface area contributed by atoms with Crippen molar-refractivity contribution in [2.24, 2.45) is 0 Å². The molecule has 98 valence electrons. The van der Waals surface area contributed by atoms with Gasteiger partial charge in [-0.3, -0.25) is 4.79 Å². The van der Waals surface area contributed by atoms with Crippen LogP contribution >= 0.6 is 27.3 Å². The molecular formula is C15H14BrNOS. The molecule has 1 aliphatic carbocycles. The second-order valence-corrected chi connectivity index (χ2v) is 7.08. The molecule has 19 heavy (non-hydrogen) atoms. The normalized spacial score (nSPS) is 14.4. The summed E-state index contributed by atoms with van der Waals surface area (Å²) in [7, 11) is 0. The molecule has 1 heterocycles. The van der Waals surface area contributed by atoms with E-state index in [0.29, 0.717) is 12.6 Å². The summed E-state index contributed by atoms with van der Waals surface area (Å²) in [6, 6.07) is 12.5. The molecule has 0 unspecified atom stereocenters. The maximum Gasteiger partial charge on any atom is 0.255 e. The van der Waals surface area contributed by atoms with Crippen LogP contribution in [0.1, 0.15) is 28.8 Å². The van der Waals surface area contributed by atoms with Crippen molar-refractivity contribution >= 4 is 33.2 Å². The third-order valence-corrected chi connectivity index (χ3v) is 4.76. The molecule has 0 radical (unpaired) electrons. The molecule has 0 spiro atoms. The summed E-state index contributed by atoms with van der Waals surface area (Å²) in [6.45, 7) is 0.706. The molecule has 2 aromatic rings. The Bertz CT molecular complexity index is 577. The fourth-order valence-electron chi connectivity index (χ4n) is 2.12. The van der Waals surface area contributed by atoms with Crippen LogP contribution in [-0.2, 0) is 6.54 Å². The van der Waals surface area contributed by atoms with Crippen molar-refractivity contribution in [2.75, 3.05) is 0 Å². The molecule has 0 N–H and O–H groups in total. The number of hydrogen-bond acceptors (Lipinski definition) is 2. The van der Waals surface area contributed by atoms with E-state index >= 15 is 0 Å². The fourth-order valence-corrected chi connectivity index (χ4v) is 3.25. The first-order valence-electron chi connectivity index (χ1n) is 6.33. The summed E-state index contributed by atoms with van der Waals surface area (Å²) < 4.78 is 1.01. The Hall–Kier alpha value is -1.13. The van der Waals surface area contributed by atoms with Gasteiger partial charge in [0.05, 0.1) is 9.35 Å². The number of nitrogens with zero attached hydrogens (tertiary/aromatic N) is 1. The highest BCUT2D eigenvalue weighted by Crippen LogP contribution is 2.31. The SMILES string of the molecule is O=C(c1csc(Br)c1)N(Cc1ccccc1)C1CC1. The lowest BCUT2D eigenvalue weighted by molar-refractivity contribution is 0.0730. The van der Waals surface area contributed by atoms with E-state index in [9.17, 15) is 4.79 Å². The first-order chi connectivity index (χ1) is 9.24. The minimum atomic E-state index is 0.147. The van der Waals surface area contributed by atoms with Gasteiger partial charge in [-0.15, -0.1) is 11.3 Å². The van der Waals surface area contributed by atoms with E-state index < -0.39 is 0 Å². The third-order valence-electron chi connectivity index (χ3n) is 3.26. The molecule has 3 rings (SSSR count). The zero-order chi connectivity index (χ0) is 13.2. The van der Waals surface area contributed by atoms with Crippen LogP contribution in [0.4, 0.5) is 0 Å². The number of halogens is 1. The molecule has 1 fully saturated rings. The highest BCUT2D eigenvalue weighted by molar-refractivity contribution is 9.11. The second-order valence-electron chi connectivity index (χ2n) is 4.79. The molecule has 0 bridgehead atoms. The molecular weight excluding hydrogens is 322 g/mol. The first-order valence-corrected chi connectivity index (χ1v) is 8.00. The van der Waals surface area contributed by atoms with Gasteiger partial charge in [-0.2, -0.15) is 0 Å². The number of amides is 1. The summed E-state index contributed by atoms with van der Waals surface area (Å²) in [5.74, 6) is 0.147. The highest BCUT2D eigenvalue weighted by Gasteiger charge is 2.33. The molecule has 1 aliphatic rings. The number of benzene rings is 1.